The van der Waals surface area contributed by atoms with E-state index in [1.165, 1.54) is 0 Å². The SMILES string of the molecule is CC1O[C@H](CO)C[C@H]1F. The van der Waals surface area contributed by atoms with Crippen LogP contribution in [0.25, 0.3) is 0 Å². The zero-order valence-corrected chi connectivity index (χ0v) is 5.38. The van der Waals surface area contributed by atoms with E-state index < -0.39 is 6.17 Å². The van der Waals surface area contributed by atoms with Gasteiger partial charge in [-0.25, -0.2) is 4.39 Å². The molecule has 0 aliphatic carbocycles. The summed E-state index contributed by atoms with van der Waals surface area (Å²) in [5, 5.41) is 8.51. The first-order chi connectivity index (χ1) is 4.24. The average molecular weight is 134 g/mol. The summed E-state index contributed by atoms with van der Waals surface area (Å²) in [5.74, 6) is 0. The Balaban J connectivity index is 2.35. The lowest BCUT2D eigenvalue weighted by Crippen LogP contribution is -2.12. The predicted molar refractivity (Wildman–Crippen MR) is 30.9 cm³/mol. The Bertz CT molecular complexity index is 87.1. The topological polar surface area (TPSA) is 29.5 Å². The smallest absolute Gasteiger partial charge is 0.128 e. The van der Waals surface area contributed by atoms with Gasteiger partial charge < -0.3 is 9.84 Å². The molecule has 1 rings (SSSR count). The van der Waals surface area contributed by atoms with Gasteiger partial charge in [-0.05, 0) is 6.92 Å². The molecule has 0 aromatic rings. The Morgan fingerprint density at radius 3 is 2.67 bits per heavy atom. The fourth-order valence-electron chi connectivity index (χ4n) is 1.00. The number of alkyl halides is 1. The van der Waals surface area contributed by atoms with Crippen LogP contribution in [0.2, 0.25) is 0 Å². The molecular formula is C6H11FO2. The fraction of sp³-hybridized carbons (Fsp3) is 1.00. The molecule has 0 saturated carbocycles. The molecule has 3 heteroatoms. The number of aliphatic hydroxyl groups is 1. The van der Waals surface area contributed by atoms with Crippen LogP contribution in [0, 0.1) is 0 Å². The second-order valence-corrected chi connectivity index (χ2v) is 2.40. The molecule has 0 radical (unpaired) electrons. The quantitative estimate of drug-likeness (QED) is 0.565. The van der Waals surface area contributed by atoms with Gasteiger partial charge in [-0.1, -0.05) is 0 Å². The van der Waals surface area contributed by atoms with Crippen molar-refractivity contribution >= 4 is 0 Å². The van der Waals surface area contributed by atoms with Crippen molar-refractivity contribution in [2.24, 2.45) is 0 Å². The summed E-state index contributed by atoms with van der Waals surface area (Å²) >= 11 is 0. The first-order valence-electron chi connectivity index (χ1n) is 3.14. The molecule has 1 N–H and O–H groups in total. The Kier molecular flexibility index (Phi) is 2.03. The lowest BCUT2D eigenvalue weighted by Gasteiger charge is -2.05. The highest BCUT2D eigenvalue weighted by atomic mass is 19.1. The second-order valence-electron chi connectivity index (χ2n) is 2.40. The average Bonchev–Trinajstić information content (AvgIpc) is 2.13. The van der Waals surface area contributed by atoms with Crippen LogP contribution in [0.1, 0.15) is 13.3 Å². The lowest BCUT2D eigenvalue weighted by atomic mass is 10.2. The number of halogens is 1. The normalized spacial score (nSPS) is 43.7. The van der Waals surface area contributed by atoms with Crippen LogP contribution in [-0.4, -0.2) is 30.1 Å². The minimum Gasteiger partial charge on any atom is -0.394 e. The number of rotatable bonds is 1. The zero-order valence-electron chi connectivity index (χ0n) is 5.38. The minimum absolute atomic E-state index is 0.0647. The highest BCUT2D eigenvalue weighted by molar-refractivity contribution is 4.78. The van der Waals surface area contributed by atoms with Gasteiger partial charge in [0, 0.05) is 6.42 Å². The molecule has 54 valence electrons. The number of aliphatic hydroxyl groups excluding tert-OH is 1. The van der Waals surface area contributed by atoms with Crippen molar-refractivity contribution in [3.8, 4) is 0 Å². The van der Waals surface area contributed by atoms with E-state index in [9.17, 15) is 4.39 Å². The zero-order chi connectivity index (χ0) is 6.85. The molecule has 1 unspecified atom stereocenters. The Hall–Kier alpha value is -0.150. The second kappa shape index (κ2) is 2.62. The third-order valence-electron chi connectivity index (χ3n) is 1.61. The van der Waals surface area contributed by atoms with Crippen LogP contribution in [0.15, 0.2) is 0 Å². The van der Waals surface area contributed by atoms with Gasteiger partial charge in [0.15, 0.2) is 0 Å². The molecule has 1 saturated heterocycles. The van der Waals surface area contributed by atoms with Gasteiger partial charge in [0.2, 0.25) is 0 Å². The summed E-state index contributed by atoms with van der Waals surface area (Å²) in [7, 11) is 0. The van der Waals surface area contributed by atoms with E-state index in [-0.39, 0.29) is 18.8 Å². The van der Waals surface area contributed by atoms with Crippen LogP contribution in [-0.2, 0) is 4.74 Å². The molecule has 3 atom stereocenters. The van der Waals surface area contributed by atoms with Crippen molar-refractivity contribution in [2.75, 3.05) is 6.61 Å². The van der Waals surface area contributed by atoms with Gasteiger partial charge in [0.25, 0.3) is 0 Å². The van der Waals surface area contributed by atoms with Gasteiger partial charge in [0.05, 0.1) is 18.8 Å². The van der Waals surface area contributed by atoms with Crippen LogP contribution >= 0.6 is 0 Å². The van der Waals surface area contributed by atoms with Crippen molar-refractivity contribution < 1.29 is 14.2 Å². The predicted octanol–water partition coefficient (Wildman–Crippen LogP) is 0.494. The summed E-state index contributed by atoms with van der Waals surface area (Å²) in [6.07, 6.45) is -1.14. The highest BCUT2D eigenvalue weighted by Gasteiger charge is 2.31. The summed E-state index contributed by atoms with van der Waals surface area (Å²) in [6, 6.07) is 0. The van der Waals surface area contributed by atoms with Gasteiger partial charge in [-0.2, -0.15) is 0 Å². The molecule has 1 aliphatic heterocycles. The summed E-state index contributed by atoms with van der Waals surface area (Å²) < 4.78 is 17.5. The maximum atomic E-state index is 12.5. The van der Waals surface area contributed by atoms with E-state index in [0.717, 1.165) is 0 Å². The third-order valence-corrected chi connectivity index (χ3v) is 1.61. The van der Waals surface area contributed by atoms with Crippen molar-refractivity contribution in [3.63, 3.8) is 0 Å². The van der Waals surface area contributed by atoms with Gasteiger partial charge in [0.1, 0.15) is 6.17 Å². The first kappa shape index (κ1) is 6.96. The summed E-state index contributed by atoms with van der Waals surface area (Å²) in [6.45, 7) is 1.62. The van der Waals surface area contributed by atoms with E-state index in [4.69, 9.17) is 9.84 Å². The van der Waals surface area contributed by atoms with E-state index in [1.807, 2.05) is 0 Å². The van der Waals surface area contributed by atoms with E-state index in [1.54, 1.807) is 6.92 Å². The lowest BCUT2D eigenvalue weighted by molar-refractivity contribution is 0.0110. The molecule has 0 amide bonds. The van der Waals surface area contributed by atoms with Crippen LogP contribution in [0.4, 0.5) is 4.39 Å². The molecule has 0 aromatic heterocycles. The van der Waals surface area contributed by atoms with Gasteiger partial charge in [-0.3, -0.25) is 0 Å². The van der Waals surface area contributed by atoms with Crippen molar-refractivity contribution in [2.45, 2.75) is 31.7 Å². The monoisotopic (exact) mass is 134 g/mol. The van der Waals surface area contributed by atoms with E-state index >= 15 is 0 Å². The molecule has 0 aromatic carbocycles. The Morgan fingerprint density at radius 1 is 1.78 bits per heavy atom. The third kappa shape index (κ3) is 1.40. The van der Waals surface area contributed by atoms with E-state index in [2.05, 4.69) is 0 Å². The molecule has 1 fully saturated rings. The number of ether oxygens (including phenoxy) is 1. The molecule has 2 nitrogen and oxygen atoms in total. The first-order valence-corrected chi connectivity index (χ1v) is 3.14. The molecule has 9 heavy (non-hydrogen) atoms. The van der Waals surface area contributed by atoms with Gasteiger partial charge >= 0.3 is 0 Å². The Labute approximate surface area is 53.6 Å². The molecule has 0 bridgehead atoms. The van der Waals surface area contributed by atoms with Crippen molar-refractivity contribution in [1.82, 2.24) is 0 Å². The molecular weight excluding hydrogens is 123 g/mol. The van der Waals surface area contributed by atoms with Crippen molar-refractivity contribution in [1.29, 1.82) is 0 Å². The van der Waals surface area contributed by atoms with Crippen LogP contribution < -0.4 is 0 Å². The van der Waals surface area contributed by atoms with Crippen molar-refractivity contribution in [3.05, 3.63) is 0 Å². The highest BCUT2D eigenvalue weighted by Crippen LogP contribution is 2.21. The molecule has 1 heterocycles. The molecule has 0 spiro atoms. The minimum atomic E-state index is -0.887. The summed E-state index contributed by atoms with van der Waals surface area (Å²) in [5.41, 5.74) is 0. The van der Waals surface area contributed by atoms with Gasteiger partial charge in [-0.15, -0.1) is 0 Å². The summed E-state index contributed by atoms with van der Waals surface area (Å²) in [4.78, 5) is 0. The van der Waals surface area contributed by atoms with E-state index in [0.29, 0.717) is 6.42 Å². The number of hydrogen-bond acceptors (Lipinski definition) is 2. The maximum absolute atomic E-state index is 12.5. The largest absolute Gasteiger partial charge is 0.394 e. The Morgan fingerprint density at radius 2 is 2.44 bits per heavy atom. The molecule has 1 aliphatic rings. The maximum Gasteiger partial charge on any atom is 0.128 e. The standard InChI is InChI=1S/C6H11FO2/c1-4-6(7)2-5(3-8)9-4/h4-6,8H,2-3H2,1H3/t4?,5-,6+/m0/s1. The fourth-order valence-corrected chi connectivity index (χ4v) is 1.00. The van der Waals surface area contributed by atoms with Crippen LogP contribution in [0.5, 0.6) is 0 Å². The number of hydrogen-bond donors (Lipinski definition) is 1. The van der Waals surface area contributed by atoms with Crippen LogP contribution in [0.3, 0.4) is 0 Å².